The van der Waals surface area contributed by atoms with Crippen LogP contribution in [0.4, 0.5) is 0 Å². The zero-order chi connectivity index (χ0) is 18.8. The second-order valence-corrected chi connectivity index (χ2v) is 8.36. The Labute approximate surface area is 162 Å². The van der Waals surface area contributed by atoms with Gasteiger partial charge in [0.05, 0.1) is 6.54 Å². The minimum atomic E-state index is 0.135. The van der Waals surface area contributed by atoms with Crippen LogP contribution in [0, 0.1) is 0 Å². The third kappa shape index (κ3) is 4.34. The van der Waals surface area contributed by atoms with E-state index >= 15 is 0 Å². The number of carbonyl (C=O) groups excluding carboxylic acids is 2. The number of hydrogen-bond donors (Lipinski definition) is 1. The molecule has 2 amide bonds. The lowest BCUT2D eigenvalue weighted by Gasteiger charge is -2.36. The summed E-state index contributed by atoms with van der Waals surface area (Å²) in [5.41, 5.74) is 2.88. The van der Waals surface area contributed by atoms with Crippen molar-refractivity contribution in [3.8, 4) is 0 Å². The van der Waals surface area contributed by atoms with Crippen molar-refractivity contribution in [2.45, 2.75) is 70.0 Å². The summed E-state index contributed by atoms with van der Waals surface area (Å²) in [5.74, 6) is 0.280. The maximum Gasteiger partial charge on any atom is 0.234 e. The van der Waals surface area contributed by atoms with E-state index in [-0.39, 0.29) is 17.9 Å². The second-order valence-electron chi connectivity index (χ2n) is 8.36. The molecule has 0 radical (unpaired) electrons. The molecular formula is C22H31N3O2. The quantitative estimate of drug-likeness (QED) is 0.868. The van der Waals surface area contributed by atoms with Gasteiger partial charge in [-0.05, 0) is 56.1 Å². The Morgan fingerprint density at radius 3 is 2.56 bits per heavy atom. The van der Waals surface area contributed by atoms with Crippen LogP contribution in [0.1, 0.15) is 62.6 Å². The van der Waals surface area contributed by atoms with Crippen molar-refractivity contribution in [2.75, 3.05) is 19.6 Å². The van der Waals surface area contributed by atoms with Gasteiger partial charge in [-0.15, -0.1) is 0 Å². The molecule has 1 saturated carbocycles. The minimum absolute atomic E-state index is 0.135. The van der Waals surface area contributed by atoms with Gasteiger partial charge in [-0.25, -0.2) is 0 Å². The number of nitrogens with zero attached hydrogens (tertiary/aromatic N) is 2. The summed E-state index contributed by atoms with van der Waals surface area (Å²) < 4.78 is 0. The predicted molar refractivity (Wildman–Crippen MR) is 105 cm³/mol. The summed E-state index contributed by atoms with van der Waals surface area (Å²) in [4.78, 5) is 28.6. The molecule has 5 heteroatoms. The third-order valence-corrected chi connectivity index (χ3v) is 6.39. The SMILES string of the molecule is CC(=O)N1CCC(NC(=O)CN(C2CC2)[C@@H]2CCCc3ccccc32)CC1. The van der Waals surface area contributed by atoms with Gasteiger partial charge in [0.2, 0.25) is 11.8 Å². The Balaban J connectivity index is 1.37. The van der Waals surface area contributed by atoms with Gasteiger partial charge in [0.25, 0.3) is 0 Å². The van der Waals surface area contributed by atoms with Crippen LogP contribution in [0.2, 0.25) is 0 Å². The molecule has 146 valence electrons. The fourth-order valence-electron chi connectivity index (χ4n) is 4.75. The van der Waals surface area contributed by atoms with Crippen LogP contribution in [0.25, 0.3) is 0 Å². The molecule has 5 nitrogen and oxygen atoms in total. The van der Waals surface area contributed by atoms with Crippen molar-refractivity contribution in [1.82, 2.24) is 15.1 Å². The average Bonchev–Trinajstić information content (AvgIpc) is 3.51. The Morgan fingerprint density at radius 1 is 1.11 bits per heavy atom. The molecule has 0 unspecified atom stereocenters. The molecule has 1 N–H and O–H groups in total. The van der Waals surface area contributed by atoms with Crippen LogP contribution in [0.5, 0.6) is 0 Å². The first-order valence-electron chi connectivity index (χ1n) is 10.5. The molecule has 0 aromatic heterocycles. The Kier molecular flexibility index (Phi) is 5.48. The largest absolute Gasteiger partial charge is 0.352 e. The molecule has 27 heavy (non-hydrogen) atoms. The molecule has 1 aromatic carbocycles. The molecule has 1 aliphatic heterocycles. The molecule has 0 spiro atoms. The number of likely N-dealkylation sites (tertiary alicyclic amines) is 1. The van der Waals surface area contributed by atoms with Crippen LogP contribution in [0.15, 0.2) is 24.3 Å². The topological polar surface area (TPSA) is 52.7 Å². The number of amides is 2. The average molecular weight is 370 g/mol. The molecule has 1 saturated heterocycles. The summed E-state index contributed by atoms with van der Waals surface area (Å²) in [6.45, 7) is 3.62. The minimum Gasteiger partial charge on any atom is -0.352 e. The van der Waals surface area contributed by atoms with Gasteiger partial charge in [0.15, 0.2) is 0 Å². The lowest BCUT2D eigenvalue weighted by molar-refractivity contribution is -0.130. The van der Waals surface area contributed by atoms with Gasteiger partial charge >= 0.3 is 0 Å². The zero-order valence-electron chi connectivity index (χ0n) is 16.3. The van der Waals surface area contributed by atoms with E-state index in [0.717, 1.165) is 38.8 Å². The first-order valence-corrected chi connectivity index (χ1v) is 10.5. The van der Waals surface area contributed by atoms with Gasteiger partial charge in [-0.2, -0.15) is 0 Å². The van der Waals surface area contributed by atoms with Crippen molar-refractivity contribution < 1.29 is 9.59 Å². The fraction of sp³-hybridized carbons (Fsp3) is 0.636. The van der Waals surface area contributed by atoms with Gasteiger partial charge < -0.3 is 10.2 Å². The molecule has 2 aliphatic carbocycles. The molecule has 4 rings (SSSR count). The maximum atomic E-state index is 12.8. The van der Waals surface area contributed by atoms with E-state index in [1.165, 1.54) is 30.4 Å². The second kappa shape index (κ2) is 8.01. The highest BCUT2D eigenvalue weighted by Gasteiger charge is 2.37. The number of piperidine rings is 1. The summed E-state index contributed by atoms with van der Waals surface area (Å²) in [5, 5.41) is 3.24. The lowest BCUT2D eigenvalue weighted by atomic mass is 9.86. The van der Waals surface area contributed by atoms with Crippen LogP contribution >= 0.6 is 0 Å². The van der Waals surface area contributed by atoms with Gasteiger partial charge in [0, 0.05) is 38.1 Å². The monoisotopic (exact) mass is 369 g/mol. The Hall–Kier alpha value is -1.88. The molecule has 0 bridgehead atoms. The highest BCUT2D eigenvalue weighted by molar-refractivity contribution is 5.78. The molecular weight excluding hydrogens is 338 g/mol. The van der Waals surface area contributed by atoms with E-state index < -0.39 is 0 Å². The number of aryl methyl sites for hydroxylation is 1. The molecule has 1 atom stereocenters. The zero-order valence-corrected chi connectivity index (χ0v) is 16.3. The number of hydrogen-bond acceptors (Lipinski definition) is 3. The maximum absolute atomic E-state index is 12.8. The van der Waals surface area contributed by atoms with Crippen molar-refractivity contribution >= 4 is 11.8 Å². The normalized spacial score (nSPS) is 23.2. The fourth-order valence-corrected chi connectivity index (χ4v) is 4.75. The lowest BCUT2D eigenvalue weighted by Crippen LogP contribution is -2.49. The Bertz CT molecular complexity index is 693. The van der Waals surface area contributed by atoms with Gasteiger partial charge in [-0.1, -0.05) is 24.3 Å². The van der Waals surface area contributed by atoms with Crippen molar-refractivity contribution in [1.29, 1.82) is 0 Å². The van der Waals surface area contributed by atoms with Crippen LogP contribution in [-0.4, -0.2) is 53.3 Å². The first kappa shape index (κ1) is 18.5. The summed E-state index contributed by atoms with van der Waals surface area (Å²) in [7, 11) is 0. The van der Waals surface area contributed by atoms with E-state index in [4.69, 9.17) is 0 Å². The number of benzene rings is 1. The van der Waals surface area contributed by atoms with Crippen molar-refractivity contribution in [3.05, 3.63) is 35.4 Å². The number of rotatable bonds is 5. The number of carbonyl (C=O) groups is 2. The van der Waals surface area contributed by atoms with Crippen LogP contribution in [0.3, 0.4) is 0 Å². The van der Waals surface area contributed by atoms with Crippen LogP contribution in [-0.2, 0) is 16.0 Å². The van der Waals surface area contributed by atoms with E-state index in [1.807, 2.05) is 4.90 Å². The van der Waals surface area contributed by atoms with Crippen molar-refractivity contribution in [2.24, 2.45) is 0 Å². The standard InChI is InChI=1S/C22H31N3O2/c1-16(26)24-13-11-18(12-14-24)23-22(27)15-25(19-9-10-19)21-8-4-6-17-5-2-3-7-20(17)21/h2-3,5,7,18-19,21H,4,6,8-15H2,1H3,(H,23,27)/t21-/m1/s1. The number of fused-ring (bicyclic) bond motifs is 1. The molecule has 3 aliphatic rings. The van der Waals surface area contributed by atoms with Gasteiger partial charge in [-0.3, -0.25) is 14.5 Å². The van der Waals surface area contributed by atoms with E-state index in [1.54, 1.807) is 6.92 Å². The predicted octanol–water partition coefficient (Wildman–Crippen LogP) is 2.66. The highest BCUT2D eigenvalue weighted by Crippen LogP contribution is 2.40. The third-order valence-electron chi connectivity index (χ3n) is 6.39. The van der Waals surface area contributed by atoms with Gasteiger partial charge in [0.1, 0.15) is 0 Å². The summed E-state index contributed by atoms with van der Waals surface area (Å²) in [6.07, 6.45) is 7.66. The molecule has 1 aromatic rings. The Morgan fingerprint density at radius 2 is 1.85 bits per heavy atom. The molecule has 2 fully saturated rings. The summed E-state index contributed by atoms with van der Waals surface area (Å²) >= 11 is 0. The van der Waals surface area contributed by atoms with Crippen LogP contribution < -0.4 is 5.32 Å². The number of nitrogens with one attached hydrogen (secondary N) is 1. The molecule has 1 heterocycles. The summed E-state index contributed by atoms with van der Waals surface area (Å²) in [6, 6.07) is 9.90. The van der Waals surface area contributed by atoms with E-state index in [9.17, 15) is 9.59 Å². The van der Waals surface area contributed by atoms with E-state index in [2.05, 4.69) is 34.5 Å². The van der Waals surface area contributed by atoms with E-state index in [0.29, 0.717) is 18.6 Å². The van der Waals surface area contributed by atoms with Crippen molar-refractivity contribution in [3.63, 3.8) is 0 Å². The smallest absolute Gasteiger partial charge is 0.234 e. The first-order chi connectivity index (χ1) is 13.1. The highest BCUT2D eigenvalue weighted by atomic mass is 16.2.